The van der Waals surface area contributed by atoms with Gasteiger partial charge in [0.05, 0.1) is 6.54 Å². The summed E-state index contributed by atoms with van der Waals surface area (Å²) >= 11 is 0. The van der Waals surface area contributed by atoms with E-state index in [0.29, 0.717) is 24.9 Å². The third-order valence-corrected chi connectivity index (χ3v) is 3.18. The van der Waals surface area contributed by atoms with E-state index in [9.17, 15) is 13.2 Å². The minimum Gasteiger partial charge on any atom is -0.295 e. The second-order valence-electron chi connectivity index (χ2n) is 4.42. The van der Waals surface area contributed by atoms with Gasteiger partial charge in [0.25, 0.3) is 0 Å². The first-order valence-corrected chi connectivity index (χ1v) is 5.17. The van der Waals surface area contributed by atoms with Crippen LogP contribution in [0.1, 0.15) is 26.7 Å². The standard InChI is InChI=1S/C10H18F3N/c1-8-3-5-14(6-4-9(8)2)7-10(11,12)13/h8-9H,3-7H2,1-2H3. The van der Waals surface area contributed by atoms with Crippen molar-refractivity contribution < 1.29 is 13.2 Å². The first-order valence-electron chi connectivity index (χ1n) is 5.17. The zero-order valence-electron chi connectivity index (χ0n) is 8.77. The quantitative estimate of drug-likeness (QED) is 0.641. The van der Waals surface area contributed by atoms with Crippen LogP contribution in [0.4, 0.5) is 13.2 Å². The Morgan fingerprint density at radius 2 is 1.50 bits per heavy atom. The molecule has 84 valence electrons. The molecule has 0 radical (unpaired) electrons. The molecular weight excluding hydrogens is 191 g/mol. The van der Waals surface area contributed by atoms with Crippen molar-refractivity contribution in [3.05, 3.63) is 0 Å². The molecule has 0 saturated carbocycles. The van der Waals surface area contributed by atoms with Gasteiger partial charge in [0.2, 0.25) is 0 Å². The first-order chi connectivity index (χ1) is 6.38. The fraction of sp³-hybridized carbons (Fsp3) is 1.00. The van der Waals surface area contributed by atoms with Gasteiger partial charge in [0.15, 0.2) is 0 Å². The molecule has 4 heteroatoms. The molecule has 1 aliphatic rings. The van der Waals surface area contributed by atoms with E-state index in [0.717, 1.165) is 12.8 Å². The van der Waals surface area contributed by atoms with E-state index in [-0.39, 0.29) is 0 Å². The molecule has 0 amide bonds. The predicted molar refractivity (Wildman–Crippen MR) is 50.1 cm³/mol. The van der Waals surface area contributed by atoms with Crippen LogP contribution in [0.15, 0.2) is 0 Å². The van der Waals surface area contributed by atoms with Gasteiger partial charge < -0.3 is 0 Å². The topological polar surface area (TPSA) is 3.24 Å². The highest BCUT2D eigenvalue weighted by molar-refractivity contribution is 4.73. The van der Waals surface area contributed by atoms with Crippen LogP contribution in [0.3, 0.4) is 0 Å². The lowest BCUT2D eigenvalue weighted by Gasteiger charge is -2.21. The first kappa shape index (κ1) is 11.8. The lowest BCUT2D eigenvalue weighted by atomic mass is 9.92. The van der Waals surface area contributed by atoms with Crippen molar-refractivity contribution in [1.29, 1.82) is 0 Å². The Labute approximate surface area is 83.3 Å². The summed E-state index contributed by atoms with van der Waals surface area (Å²) in [6, 6.07) is 0. The molecule has 0 aromatic carbocycles. The van der Waals surface area contributed by atoms with Crippen molar-refractivity contribution in [3.63, 3.8) is 0 Å². The molecule has 1 fully saturated rings. The third-order valence-electron chi connectivity index (χ3n) is 3.18. The highest BCUT2D eigenvalue weighted by Crippen LogP contribution is 2.25. The summed E-state index contributed by atoms with van der Waals surface area (Å²) in [5.41, 5.74) is 0. The van der Waals surface area contributed by atoms with Gasteiger partial charge in [-0.1, -0.05) is 13.8 Å². The third kappa shape index (κ3) is 3.86. The van der Waals surface area contributed by atoms with E-state index in [1.165, 1.54) is 4.90 Å². The van der Waals surface area contributed by atoms with Gasteiger partial charge in [0.1, 0.15) is 0 Å². The Bertz CT molecular complexity index is 167. The number of hydrogen-bond donors (Lipinski definition) is 0. The summed E-state index contributed by atoms with van der Waals surface area (Å²) in [5.74, 6) is 1.10. The van der Waals surface area contributed by atoms with Crippen molar-refractivity contribution in [3.8, 4) is 0 Å². The Balaban J connectivity index is 2.42. The average molecular weight is 209 g/mol. The van der Waals surface area contributed by atoms with Gasteiger partial charge in [0, 0.05) is 0 Å². The summed E-state index contributed by atoms with van der Waals surface area (Å²) < 4.78 is 36.4. The SMILES string of the molecule is CC1CCN(CC(F)(F)F)CCC1C. The lowest BCUT2D eigenvalue weighted by molar-refractivity contribution is -0.145. The highest BCUT2D eigenvalue weighted by Gasteiger charge is 2.32. The maximum atomic E-state index is 12.1. The maximum Gasteiger partial charge on any atom is 0.401 e. The molecule has 0 aromatic heterocycles. The summed E-state index contributed by atoms with van der Waals surface area (Å²) in [5, 5.41) is 0. The molecule has 1 heterocycles. The fourth-order valence-corrected chi connectivity index (χ4v) is 1.86. The van der Waals surface area contributed by atoms with Crippen LogP contribution in [0.2, 0.25) is 0 Å². The Morgan fingerprint density at radius 1 is 1.07 bits per heavy atom. The van der Waals surface area contributed by atoms with E-state index >= 15 is 0 Å². The van der Waals surface area contributed by atoms with E-state index in [2.05, 4.69) is 13.8 Å². The minimum absolute atomic E-state index is 0.549. The van der Waals surface area contributed by atoms with Crippen LogP contribution in [0, 0.1) is 11.8 Å². The Kier molecular flexibility index (Phi) is 3.81. The van der Waals surface area contributed by atoms with E-state index < -0.39 is 12.7 Å². The normalized spacial score (nSPS) is 31.5. The van der Waals surface area contributed by atoms with Crippen LogP contribution in [-0.4, -0.2) is 30.7 Å². The second kappa shape index (κ2) is 4.51. The van der Waals surface area contributed by atoms with Crippen molar-refractivity contribution in [2.24, 2.45) is 11.8 Å². The molecular formula is C10H18F3N. The molecule has 14 heavy (non-hydrogen) atoms. The Morgan fingerprint density at radius 3 is 1.86 bits per heavy atom. The molecule has 0 N–H and O–H groups in total. The summed E-state index contributed by atoms with van der Waals surface area (Å²) in [7, 11) is 0. The fourth-order valence-electron chi connectivity index (χ4n) is 1.86. The van der Waals surface area contributed by atoms with Crippen molar-refractivity contribution in [2.75, 3.05) is 19.6 Å². The van der Waals surface area contributed by atoms with Crippen LogP contribution in [0.5, 0.6) is 0 Å². The molecule has 0 spiro atoms. The largest absolute Gasteiger partial charge is 0.401 e. The summed E-state index contributed by atoms with van der Waals surface area (Å²) in [6.07, 6.45) is -2.27. The maximum absolute atomic E-state index is 12.1. The van der Waals surface area contributed by atoms with E-state index in [1.807, 2.05) is 0 Å². The zero-order chi connectivity index (χ0) is 10.8. The summed E-state index contributed by atoms with van der Waals surface area (Å²) in [6.45, 7) is 4.69. The number of likely N-dealkylation sites (tertiary alicyclic amines) is 1. The lowest BCUT2D eigenvalue weighted by Crippen LogP contribution is -2.35. The number of hydrogen-bond acceptors (Lipinski definition) is 1. The smallest absolute Gasteiger partial charge is 0.295 e. The average Bonchev–Trinajstić information content (AvgIpc) is 2.17. The zero-order valence-corrected chi connectivity index (χ0v) is 8.77. The molecule has 1 rings (SSSR count). The van der Waals surface area contributed by atoms with Gasteiger partial charge in [-0.05, 0) is 37.8 Å². The highest BCUT2D eigenvalue weighted by atomic mass is 19.4. The van der Waals surface area contributed by atoms with E-state index in [4.69, 9.17) is 0 Å². The number of halogens is 3. The minimum atomic E-state index is -4.04. The molecule has 1 saturated heterocycles. The van der Waals surface area contributed by atoms with Crippen LogP contribution in [0.25, 0.3) is 0 Å². The van der Waals surface area contributed by atoms with Crippen molar-refractivity contribution in [1.82, 2.24) is 4.90 Å². The van der Waals surface area contributed by atoms with Gasteiger partial charge in [-0.25, -0.2) is 0 Å². The molecule has 0 aromatic rings. The molecule has 2 atom stereocenters. The number of rotatable bonds is 1. The molecule has 1 aliphatic heterocycles. The molecule has 2 unspecified atom stereocenters. The van der Waals surface area contributed by atoms with Gasteiger partial charge in [-0.15, -0.1) is 0 Å². The van der Waals surface area contributed by atoms with Crippen LogP contribution in [-0.2, 0) is 0 Å². The van der Waals surface area contributed by atoms with Gasteiger partial charge >= 0.3 is 6.18 Å². The Hall–Kier alpha value is -0.250. The molecule has 0 aliphatic carbocycles. The van der Waals surface area contributed by atoms with Gasteiger partial charge in [-0.3, -0.25) is 4.90 Å². The number of nitrogens with zero attached hydrogens (tertiary/aromatic N) is 1. The monoisotopic (exact) mass is 209 g/mol. The summed E-state index contributed by atoms with van der Waals surface area (Å²) in [4.78, 5) is 1.53. The van der Waals surface area contributed by atoms with Crippen molar-refractivity contribution >= 4 is 0 Å². The predicted octanol–water partition coefficient (Wildman–Crippen LogP) is 2.92. The van der Waals surface area contributed by atoms with Crippen LogP contribution < -0.4 is 0 Å². The van der Waals surface area contributed by atoms with Crippen LogP contribution >= 0.6 is 0 Å². The van der Waals surface area contributed by atoms with Crippen molar-refractivity contribution in [2.45, 2.75) is 32.9 Å². The molecule has 0 bridgehead atoms. The van der Waals surface area contributed by atoms with E-state index in [1.54, 1.807) is 0 Å². The molecule has 1 nitrogen and oxygen atoms in total. The second-order valence-corrected chi connectivity index (χ2v) is 4.42. The van der Waals surface area contributed by atoms with Gasteiger partial charge in [-0.2, -0.15) is 13.2 Å². The number of alkyl halides is 3.